The van der Waals surface area contributed by atoms with Gasteiger partial charge in [0.1, 0.15) is 12.4 Å². The largest absolute Gasteiger partial charge is 0.492 e. The quantitative estimate of drug-likeness (QED) is 0.809. The van der Waals surface area contributed by atoms with Crippen molar-refractivity contribution in [3.05, 3.63) is 48.3 Å². The number of nitrogens with two attached hydrogens (primary N) is 1. The monoisotopic (exact) mass is 226 g/mol. The minimum Gasteiger partial charge on any atom is -0.492 e. The Morgan fingerprint density at radius 1 is 1.24 bits per heavy atom. The van der Waals surface area contributed by atoms with Gasteiger partial charge in [0.05, 0.1) is 0 Å². The van der Waals surface area contributed by atoms with Crippen molar-refractivity contribution >= 4 is 0 Å². The Morgan fingerprint density at radius 3 is 3.00 bits per heavy atom. The van der Waals surface area contributed by atoms with E-state index < -0.39 is 0 Å². The lowest BCUT2D eigenvalue weighted by Crippen LogP contribution is -2.34. The molecule has 0 fully saturated rings. The van der Waals surface area contributed by atoms with Crippen molar-refractivity contribution in [2.45, 2.75) is 12.5 Å². The third kappa shape index (κ3) is 1.89. The van der Waals surface area contributed by atoms with E-state index in [1.165, 1.54) is 11.1 Å². The predicted octanol–water partition coefficient (Wildman–Crippen LogP) is 2.01. The number of ether oxygens (including phenoxy) is 1. The van der Waals surface area contributed by atoms with Gasteiger partial charge in [-0.2, -0.15) is 0 Å². The Balaban J connectivity index is 2.12. The van der Waals surface area contributed by atoms with Crippen molar-refractivity contribution in [2.75, 3.05) is 6.61 Å². The number of hydrogen-bond donors (Lipinski definition) is 1. The van der Waals surface area contributed by atoms with Gasteiger partial charge in [0.25, 0.3) is 0 Å². The summed E-state index contributed by atoms with van der Waals surface area (Å²) in [6.45, 7) is 0.601. The molecule has 2 aromatic rings. The second-order valence-electron chi connectivity index (χ2n) is 4.30. The topological polar surface area (TPSA) is 48.1 Å². The van der Waals surface area contributed by atoms with Crippen LogP contribution in [0.25, 0.3) is 11.1 Å². The molecule has 86 valence electrons. The second-order valence-corrected chi connectivity index (χ2v) is 4.30. The third-order valence-electron chi connectivity index (χ3n) is 3.02. The van der Waals surface area contributed by atoms with Gasteiger partial charge in [0, 0.05) is 29.6 Å². The molecule has 1 aromatic heterocycles. The highest BCUT2D eigenvalue weighted by molar-refractivity contribution is 5.69. The molecule has 1 atom stereocenters. The average Bonchev–Trinajstić information content (AvgIpc) is 2.39. The Kier molecular flexibility index (Phi) is 2.53. The molecule has 3 heteroatoms. The standard InChI is InChI=1S/C14H14N2O/c15-11-7-13-12(10-3-2-6-16-8-10)4-1-5-14(13)17-9-11/h1-6,8,11H,7,9,15H2. The molecular weight excluding hydrogens is 212 g/mol. The van der Waals surface area contributed by atoms with Gasteiger partial charge in [-0.15, -0.1) is 0 Å². The molecule has 0 saturated carbocycles. The fourth-order valence-electron chi connectivity index (χ4n) is 2.22. The molecule has 2 heterocycles. The van der Waals surface area contributed by atoms with Gasteiger partial charge in [-0.25, -0.2) is 0 Å². The molecule has 0 amide bonds. The molecule has 3 nitrogen and oxygen atoms in total. The summed E-state index contributed by atoms with van der Waals surface area (Å²) in [6, 6.07) is 10.2. The number of aromatic nitrogens is 1. The minimum absolute atomic E-state index is 0.0836. The maximum absolute atomic E-state index is 5.96. The summed E-state index contributed by atoms with van der Waals surface area (Å²) in [5, 5.41) is 0. The summed E-state index contributed by atoms with van der Waals surface area (Å²) in [6.07, 6.45) is 4.51. The van der Waals surface area contributed by atoms with Crippen LogP contribution in [0, 0.1) is 0 Å². The third-order valence-corrected chi connectivity index (χ3v) is 3.02. The first-order valence-electron chi connectivity index (χ1n) is 5.75. The van der Waals surface area contributed by atoms with Gasteiger partial charge < -0.3 is 10.5 Å². The van der Waals surface area contributed by atoms with E-state index in [2.05, 4.69) is 17.1 Å². The highest BCUT2D eigenvalue weighted by atomic mass is 16.5. The summed E-state index contributed by atoms with van der Waals surface area (Å²) in [5.74, 6) is 0.952. The van der Waals surface area contributed by atoms with E-state index in [1.807, 2.05) is 24.4 Å². The van der Waals surface area contributed by atoms with E-state index in [1.54, 1.807) is 6.20 Å². The van der Waals surface area contributed by atoms with Crippen LogP contribution < -0.4 is 10.5 Å². The molecule has 1 aromatic carbocycles. The number of pyridine rings is 1. The van der Waals surface area contributed by atoms with Crippen molar-refractivity contribution in [2.24, 2.45) is 5.73 Å². The molecule has 0 saturated heterocycles. The lowest BCUT2D eigenvalue weighted by atomic mass is 9.94. The van der Waals surface area contributed by atoms with Gasteiger partial charge in [0.2, 0.25) is 0 Å². The number of fused-ring (bicyclic) bond motifs is 1. The summed E-state index contributed by atoms with van der Waals surface area (Å²) >= 11 is 0. The number of rotatable bonds is 1. The summed E-state index contributed by atoms with van der Waals surface area (Å²) in [4.78, 5) is 4.16. The predicted molar refractivity (Wildman–Crippen MR) is 66.8 cm³/mol. The van der Waals surface area contributed by atoms with E-state index in [0.717, 1.165) is 17.7 Å². The maximum atomic E-state index is 5.96. The number of nitrogens with zero attached hydrogens (tertiary/aromatic N) is 1. The minimum atomic E-state index is 0.0836. The van der Waals surface area contributed by atoms with Crippen molar-refractivity contribution in [3.63, 3.8) is 0 Å². The molecule has 0 radical (unpaired) electrons. The molecular formula is C14H14N2O. The van der Waals surface area contributed by atoms with Crippen LogP contribution in [0.2, 0.25) is 0 Å². The van der Waals surface area contributed by atoms with Crippen molar-refractivity contribution < 1.29 is 4.74 Å². The van der Waals surface area contributed by atoms with Gasteiger partial charge in [-0.1, -0.05) is 18.2 Å². The van der Waals surface area contributed by atoms with E-state index in [-0.39, 0.29) is 6.04 Å². The van der Waals surface area contributed by atoms with Crippen molar-refractivity contribution in [3.8, 4) is 16.9 Å². The average molecular weight is 226 g/mol. The lowest BCUT2D eigenvalue weighted by Gasteiger charge is -2.24. The lowest BCUT2D eigenvalue weighted by molar-refractivity contribution is 0.264. The van der Waals surface area contributed by atoms with E-state index in [0.29, 0.717) is 6.61 Å². The molecule has 0 spiro atoms. The molecule has 1 aliphatic rings. The highest BCUT2D eigenvalue weighted by Gasteiger charge is 2.19. The van der Waals surface area contributed by atoms with E-state index >= 15 is 0 Å². The SMILES string of the molecule is NC1COc2cccc(-c3cccnc3)c2C1. The smallest absolute Gasteiger partial charge is 0.123 e. The molecule has 2 N–H and O–H groups in total. The second kappa shape index (κ2) is 4.18. The van der Waals surface area contributed by atoms with Gasteiger partial charge in [-0.3, -0.25) is 4.98 Å². The summed E-state index contributed by atoms with van der Waals surface area (Å²) < 4.78 is 5.65. The van der Waals surface area contributed by atoms with E-state index in [4.69, 9.17) is 10.5 Å². The summed E-state index contributed by atoms with van der Waals surface area (Å²) in [7, 11) is 0. The van der Waals surface area contributed by atoms with Crippen LogP contribution in [0.4, 0.5) is 0 Å². The fourth-order valence-corrected chi connectivity index (χ4v) is 2.22. The molecule has 0 aliphatic carbocycles. The Bertz CT molecular complexity index is 525. The van der Waals surface area contributed by atoms with Crippen LogP contribution in [0.1, 0.15) is 5.56 Å². The van der Waals surface area contributed by atoms with Crippen LogP contribution in [0.5, 0.6) is 5.75 Å². The first-order valence-corrected chi connectivity index (χ1v) is 5.75. The Labute approximate surface area is 100 Å². The van der Waals surface area contributed by atoms with Crippen LogP contribution in [0.3, 0.4) is 0 Å². The maximum Gasteiger partial charge on any atom is 0.123 e. The first-order chi connectivity index (χ1) is 8.34. The molecule has 17 heavy (non-hydrogen) atoms. The van der Waals surface area contributed by atoms with Gasteiger partial charge in [-0.05, 0) is 24.1 Å². The molecule has 1 unspecified atom stereocenters. The van der Waals surface area contributed by atoms with Gasteiger partial charge in [0.15, 0.2) is 0 Å². The molecule has 0 bridgehead atoms. The zero-order chi connectivity index (χ0) is 11.7. The Morgan fingerprint density at radius 2 is 2.18 bits per heavy atom. The highest BCUT2D eigenvalue weighted by Crippen LogP contribution is 2.33. The molecule has 1 aliphatic heterocycles. The van der Waals surface area contributed by atoms with Crippen LogP contribution in [-0.2, 0) is 6.42 Å². The number of hydrogen-bond acceptors (Lipinski definition) is 3. The first kappa shape index (κ1) is 10.3. The van der Waals surface area contributed by atoms with Crippen LogP contribution in [0.15, 0.2) is 42.7 Å². The fraction of sp³-hybridized carbons (Fsp3) is 0.214. The van der Waals surface area contributed by atoms with Crippen molar-refractivity contribution in [1.29, 1.82) is 0 Å². The van der Waals surface area contributed by atoms with Crippen molar-refractivity contribution in [1.82, 2.24) is 4.98 Å². The van der Waals surface area contributed by atoms with Gasteiger partial charge >= 0.3 is 0 Å². The number of benzene rings is 1. The molecule has 3 rings (SSSR count). The van der Waals surface area contributed by atoms with E-state index in [9.17, 15) is 0 Å². The normalized spacial score (nSPS) is 18.3. The zero-order valence-corrected chi connectivity index (χ0v) is 9.47. The Hall–Kier alpha value is -1.87. The zero-order valence-electron chi connectivity index (χ0n) is 9.47. The summed E-state index contributed by atoms with van der Waals surface area (Å²) in [5.41, 5.74) is 9.43. The van der Waals surface area contributed by atoms with Crippen LogP contribution >= 0.6 is 0 Å². The van der Waals surface area contributed by atoms with Crippen LogP contribution in [-0.4, -0.2) is 17.6 Å².